The van der Waals surface area contributed by atoms with E-state index in [-0.39, 0.29) is 44.9 Å². The molecule has 5 aliphatic rings. The van der Waals surface area contributed by atoms with Crippen LogP contribution in [0, 0.1) is 16.2 Å². The summed E-state index contributed by atoms with van der Waals surface area (Å²) in [5, 5.41) is 48.7. The summed E-state index contributed by atoms with van der Waals surface area (Å²) in [7, 11) is 1.28. The standard InChI is InChI=1S/C47H72O15/c1-28(48)43(12)27-44(13)45(14)30(19-34(51)59-45)23-46(54,62-44)38(5,6)16-17-40(9)21-29(18-33(50)56-15)22-42(11,60-40)26-47(55)39(7,8)32(57-36(53)37(2,3)4)25-41(10,61-47)24-31(49)20-35(52)58-43/h16-19,28,31-32,48-49,54-55H,20-27H2,1-15H3/b17-16-,29-18-/t28-,31+,32+,40+,41-,42+,43-,44-,45+,46-,47+/m1/s1. The SMILES string of the molecule is COC(=O)/C=C1\C[C@@]2(C)C[C@]3(O)O[C@](C)(C[C@@H](O)CC(=O)O[C@@](C)([C@@H](C)O)C[C@@]4(C)O[C@](O)(CC5=CC(=O)O[C@@]54C)C(C)(C)/C=C\[C@@](C)(C1)O2)C[C@H](OC(=O)C(C)(C)C)C3(C)C. The summed E-state index contributed by atoms with van der Waals surface area (Å²) in [6, 6.07) is 0. The summed E-state index contributed by atoms with van der Waals surface area (Å²) in [5.41, 5.74) is -11.0. The van der Waals surface area contributed by atoms with E-state index in [4.69, 9.17) is 33.2 Å². The molecule has 0 unspecified atom stereocenters. The number of aliphatic hydroxyl groups is 4. The Kier molecular flexibility index (Phi) is 12.7. The van der Waals surface area contributed by atoms with Gasteiger partial charge in [0, 0.05) is 56.1 Å². The minimum absolute atomic E-state index is 0.0357. The molecule has 0 aromatic heterocycles. The number of aliphatic hydroxyl groups excluding tert-OH is 2. The second-order valence-electron chi connectivity index (χ2n) is 22.3. The number of fused-ring (bicyclic) bond motifs is 8. The van der Waals surface area contributed by atoms with Crippen molar-refractivity contribution in [2.75, 3.05) is 7.11 Å². The third kappa shape index (κ3) is 9.32. The van der Waals surface area contributed by atoms with Crippen LogP contribution in [-0.4, -0.2) is 115 Å². The van der Waals surface area contributed by atoms with E-state index in [0.29, 0.717) is 11.1 Å². The fraction of sp³-hybridized carbons (Fsp3) is 0.787. The molecule has 0 saturated carbocycles. The van der Waals surface area contributed by atoms with E-state index >= 15 is 0 Å². The van der Waals surface area contributed by atoms with Gasteiger partial charge in [-0.05, 0) is 81.2 Å². The van der Waals surface area contributed by atoms with Crippen LogP contribution in [-0.2, 0) is 52.3 Å². The van der Waals surface area contributed by atoms with Gasteiger partial charge in [0.1, 0.15) is 17.3 Å². The number of hydrogen-bond donors (Lipinski definition) is 4. The normalized spacial score (nSPS) is 44.1. The number of hydrogen-bond acceptors (Lipinski definition) is 15. The Bertz CT molecular complexity index is 1910. The average molecular weight is 877 g/mol. The van der Waals surface area contributed by atoms with Gasteiger partial charge in [-0.2, -0.15) is 0 Å². The lowest BCUT2D eigenvalue weighted by atomic mass is 9.65. The maximum Gasteiger partial charge on any atom is 0.331 e. The van der Waals surface area contributed by atoms with E-state index in [9.17, 15) is 39.6 Å². The Morgan fingerprint density at radius 1 is 0.839 bits per heavy atom. The van der Waals surface area contributed by atoms with Gasteiger partial charge in [-0.3, -0.25) is 9.59 Å². The van der Waals surface area contributed by atoms with Gasteiger partial charge in [-0.25, -0.2) is 9.59 Å². The minimum Gasteiger partial charge on any atom is -0.466 e. The fourth-order valence-corrected chi connectivity index (χ4v) is 10.1. The van der Waals surface area contributed by atoms with Crippen molar-refractivity contribution in [1.29, 1.82) is 0 Å². The highest BCUT2D eigenvalue weighted by Gasteiger charge is 2.67. The van der Waals surface area contributed by atoms with E-state index in [0.717, 1.165) is 0 Å². The summed E-state index contributed by atoms with van der Waals surface area (Å²) in [4.78, 5) is 53.2. The van der Waals surface area contributed by atoms with Crippen molar-refractivity contribution in [1.82, 2.24) is 0 Å². The van der Waals surface area contributed by atoms with E-state index < -0.39 is 110 Å². The Morgan fingerprint density at radius 2 is 1.47 bits per heavy atom. The third-order valence-electron chi connectivity index (χ3n) is 14.4. The van der Waals surface area contributed by atoms with Crippen molar-refractivity contribution in [3.05, 3.63) is 35.5 Å². The lowest BCUT2D eigenvalue weighted by molar-refractivity contribution is -0.380. The highest BCUT2D eigenvalue weighted by atomic mass is 16.7. The zero-order valence-corrected chi connectivity index (χ0v) is 39.5. The van der Waals surface area contributed by atoms with Gasteiger partial charge in [-0.15, -0.1) is 0 Å². The number of carbonyl (C=O) groups excluding carboxylic acids is 4. The van der Waals surface area contributed by atoms with Crippen LogP contribution in [0.15, 0.2) is 35.5 Å². The van der Waals surface area contributed by atoms with Crippen molar-refractivity contribution in [2.24, 2.45) is 16.2 Å². The van der Waals surface area contributed by atoms with Crippen LogP contribution >= 0.6 is 0 Å². The molecule has 5 aliphatic heterocycles. The summed E-state index contributed by atoms with van der Waals surface area (Å²) in [5.74, 6) is -6.77. The fourth-order valence-electron chi connectivity index (χ4n) is 10.1. The first kappa shape index (κ1) is 49.8. The Hall–Kier alpha value is -3.18. The van der Waals surface area contributed by atoms with Gasteiger partial charge in [0.15, 0.2) is 17.2 Å². The predicted molar refractivity (Wildman–Crippen MR) is 225 cm³/mol. The van der Waals surface area contributed by atoms with Gasteiger partial charge in [0.2, 0.25) is 0 Å². The first-order valence-corrected chi connectivity index (χ1v) is 21.7. The van der Waals surface area contributed by atoms with Gasteiger partial charge in [-0.1, -0.05) is 45.4 Å². The van der Waals surface area contributed by atoms with Crippen molar-refractivity contribution < 1.29 is 72.8 Å². The Labute approximate surface area is 366 Å². The number of esters is 4. The molecule has 62 heavy (non-hydrogen) atoms. The molecule has 0 aromatic rings. The molecule has 0 spiro atoms. The van der Waals surface area contributed by atoms with Crippen molar-refractivity contribution in [3.8, 4) is 0 Å². The number of carbonyl (C=O) groups is 4. The largest absolute Gasteiger partial charge is 0.466 e. The van der Waals surface area contributed by atoms with E-state index in [1.807, 2.05) is 6.92 Å². The molecule has 11 atom stereocenters. The van der Waals surface area contributed by atoms with Gasteiger partial charge >= 0.3 is 23.9 Å². The molecule has 15 heteroatoms. The number of ether oxygens (including phenoxy) is 7. The molecule has 4 N–H and O–H groups in total. The van der Waals surface area contributed by atoms with Crippen LogP contribution in [0.5, 0.6) is 0 Å². The molecule has 0 radical (unpaired) electrons. The lowest BCUT2D eigenvalue weighted by Gasteiger charge is -2.59. The molecule has 0 amide bonds. The van der Waals surface area contributed by atoms with Crippen molar-refractivity contribution >= 4 is 23.9 Å². The molecule has 5 heterocycles. The summed E-state index contributed by atoms with van der Waals surface area (Å²) < 4.78 is 43.7. The molecule has 3 fully saturated rings. The van der Waals surface area contributed by atoms with E-state index in [2.05, 4.69) is 0 Å². The maximum absolute atomic E-state index is 13.9. The lowest BCUT2D eigenvalue weighted by Crippen LogP contribution is -2.68. The van der Waals surface area contributed by atoms with E-state index in [1.165, 1.54) is 33.1 Å². The third-order valence-corrected chi connectivity index (χ3v) is 14.4. The first-order chi connectivity index (χ1) is 27.9. The first-order valence-electron chi connectivity index (χ1n) is 21.7. The zero-order chi connectivity index (χ0) is 47.1. The molecule has 0 aromatic carbocycles. The molecule has 15 nitrogen and oxygen atoms in total. The van der Waals surface area contributed by atoms with Crippen LogP contribution in [0.4, 0.5) is 0 Å². The van der Waals surface area contributed by atoms with Crippen molar-refractivity contribution in [3.63, 3.8) is 0 Å². The highest BCUT2D eigenvalue weighted by Crippen LogP contribution is 2.58. The predicted octanol–water partition coefficient (Wildman–Crippen LogP) is 5.57. The second-order valence-corrected chi connectivity index (χ2v) is 22.3. The number of methoxy groups -OCH3 is 1. The number of cyclic esters (lactones) is 1. The molecule has 0 aliphatic carbocycles. The van der Waals surface area contributed by atoms with Gasteiger partial charge < -0.3 is 53.6 Å². The summed E-state index contributed by atoms with van der Waals surface area (Å²) in [6.45, 7) is 23.6. The molecule has 5 rings (SSSR count). The van der Waals surface area contributed by atoms with Crippen LogP contribution < -0.4 is 0 Å². The van der Waals surface area contributed by atoms with Crippen LogP contribution in [0.2, 0.25) is 0 Å². The van der Waals surface area contributed by atoms with Gasteiger partial charge in [0.05, 0.1) is 53.4 Å². The summed E-state index contributed by atoms with van der Waals surface area (Å²) in [6.07, 6.45) is 1.54. The van der Waals surface area contributed by atoms with E-state index in [1.54, 1.807) is 88.3 Å². The zero-order valence-electron chi connectivity index (χ0n) is 39.5. The van der Waals surface area contributed by atoms with Crippen LogP contribution in [0.3, 0.4) is 0 Å². The molecule has 350 valence electrons. The second kappa shape index (κ2) is 15.8. The Morgan fingerprint density at radius 3 is 2.05 bits per heavy atom. The highest BCUT2D eigenvalue weighted by molar-refractivity contribution is 5.87. The molecular formula is C47H72O15. The van der Waals surface area contributed by atoms with Crippen LogP contribution in [0.25, 0.3) is 0 Å². The van der Waals surface area contributed by atoms with Gasteiger partial charge in [0.25, 0.3) is 0 Å². The maximum atomic E-state index is 13.9. The topological polar surface area (TPSA) is 214 Å². The Balaban J connectivity index is 1.71. The van der Waals surface area contributed by atoms with Crippen LogP contribution in [0.1, 0.15) is 148 Å². The smallest absolute Gasteiger partial charge is 0.331 e. The minimum atomic E-state index is -2.11. The molecule has 3 saturated heterocycles. The average Bonchev–Trinajstić information content (AvgIpc) is 3.37. The summed E-state index contributed by atoms with van der Waals surface area (Å²) >= 11 is 0. The molecular weight excluding hydrogens is 805 g/mol. The number of rotatable bonds is 3. The molecule has 6 bridgehead atoms. The monoisotopic (exact) mass is 876 g/mol. The quantitative estimate of drug-likeness (QED) is 0.118. The van der Waals surface area contributed by atoms with Crippen molar-refractivity contribution in [2.45, 2.75) is 212 Å².